The number of ether oxygens (including phenoxy) is 2. The fraction of sp³-hybridized carbons (Fsp3) is 0.0526. The maximum absolute atomic E-state index is 12.4. The first-order valence-electron chi connectivity index (χ1n) is 7.50. The van der Waals surface area contributed by atoms with Crippen molar-refractivity contribution in [2.24, 2.45) is 0 Å². The maximum Gasteiger partial charge on any atom is 0.379 e. The number of benzene rings is 1. The van der Waals surface area contributed by atoms with E-state index >= 15 is 0 Å². The van der Waals surface area contributed by atoms with Crippen molar-refractivity contribution in [3.8, 4) is 11.5 Å². The number of esters is 1. The molecule has 124 valence electrons. The van der Waals surface area contributed by atoms with E-state index < -0.39 is 5.97 Å². The number of fused-ring (bicyclic) bond motifs is 1. The Morgan fingerprint density at radius 1 is 1.08 bits per heavy atom. The summed E-state index contributed by atoms with van der Waals surface area (Å²) in [5.74, 6) is 0.554. The van der Waals surface area contributed by atoms with Gasteiger partial charge in [-0.05, 0) is 43.3 Å². The summed E-state index contributed by atoms with van der Waals surface area (Å²) >= 11 is 0. The number of furan rings is 2. The van der Waals surface area contributed by atoms with E-state index in [0.717, 1.165) is 0 Å². The molecule has 1 aliphatic heterocycles. The first kappa shape index (κ1) is 15.0. The van der Waals surface area contributed by atoms with Gasteiger partial charge in [0, 0.05) is 11.6 Å². The van der Waals surface area contributed by atoms with Gasteiger partial charge in [0.25, 0.3) is 0 Å². The van der Waals surface area contributed by atoms with Gasteiger partial charge >= 0.3 is 5.97 Å². The molecule has 3 aromatic rings. The van der Waals surface area contributed by atoms with Gasteiger partial charge < -0.3 is 18.3 Å². The smallest absolute Gasteiger partial charge is 0.379 e. The summed E-state index contributed by atoms with van der Waals surface area (Å²) in [6.45, 7) is 1.71. The van der Waals surface area contributed by atoms with E-state index in [2.05, 4.69) is 0 Å². The molecule has 0 fully saturated rings. The van der Waals surface area contributed by atoms with Gasteiger partial charge in [-0.3, -0.25) is 4.79 Å². The van der Waals surface area contributed by atoms with Crippen molar-refractivity contribution in [2.45, 2.75) is 6.92 Å². The van der Waals surface area contributed by atoms with Gasteiger partial charge in [0.1, 0.15) is 17.3 Å². The molecule has 0 bridgehead atoms. The predicted molar refractivity (Wildman–Crippen MR) is 86.5 cm³/mol. The van der Waals surface area contributed by atoms with Crippen molar-refractivity contribution in [2.75, 3.05) is 0 Å². The molecule has 0 atom stereocenters. The molecule has 1 aromatic carbocycles. The Labute approximate surface area is 142 Å². The van der Waals surface area contributed by atoms with E-state index in [1.54, 1.807) is 37.3 Å². The molecule has 0 N–H and O–H groups in total. The van der Waals surface area contributed by atoms with Crippen LogP contribution in [-0.4, -0.2) is 11.8 Å². The zero-order valence-corrected chi connectivity index (χ0v) is 13.1. The standard InChI is InChI=1S/C19H12O6/c1-11-14(25-19(21)15-5-3-9-23-15)7-6-13-17(20)16(24-18(11)13)10-12-4-2-8-22-12/h2-10H,1H3. The molecule has 0 spiro atoms. The van der Waals surface area contributed by atoms with Gasteiger partial charge in [0.2, 0.25) is 11.5 Å². The van der Waals surface area contributed by atoms with Crippen LogP contribution in [0.4, 0.5) is 0 Å². The van der Waals surface area contributed by atoms with Gasteiger partial charge in [-0.15, -0.1) is 0 Å². The van der Waals surface area contributed by atoms with Gasteiger partial charge in [-0.1, -0.05) is 0 Å². The van der Waals surface area contributed by atoms with E-state index in [4.69, 9.17) is 18.3 Å². The highest BCUT2D eigenvalue weighted by molar-refractivity contribution is 6.14. The average molecular weight is 336 g/mol. The number of allylic oxidation sites excluding steroid dienone is 1. The second-order valence-electron chi connectivity index (χ2n) is 5.39. The second kappa shape index (κ2) is 5.83. The Kier molecular flexibility index (Phi) is 3.50. The number of rotatable bonds is 3. The van der Waals surface area contributed by atoms with Crippen molar-refractivity contribution in [3.05, 3.63) is 77.3 Å². The fourth-order valence-electron chi connectivity index (χ4n) is 2.53. The minimum Gasteiger partial charge on any atom is -0.465 e. The Hall–Kier alpha value is -3.54. The molecule has 0 aliphatic carbocycles. The van der Waals surface area contributed by atoms with Gasteiger partial charge in [-0.25, -0.2) is 4.79 Å². The van der Waals surface area contributed by atoms with Crippen molar-refractivity contribution < 1.29 is 27.9 Å². The molecule has 0 radical (unpaired) electrons. The number of Topliss-reactive ketones (excluding diaryl/α,β-unsaturated/α-hetero) is 1. The third-order valence-corrected chi connectivity index (χ3v) is 3.78. The molecule has 3 heterocycles. The zero-order valence-electron chi connectivity index (χ0n) is 13.1. The number of ketones is 1. The first-order chi connectivity index (χ1) is 12.1. The van der Waals surface area contributed by atoms with Crippen LogP contribution in [0.3, 0.4) is 0 Å². The molecule has 0 amide bonds. The fourth-order valence-corrected chi connectivity index (χ4v) is 2.53. The van der Waals surface area contributed by atoms with Crippen molar-refractivity contribution >= 4 is 17.8 Å². The van der Waals surface area contributed by atoms with Crippen LogP contribution >= 0.6 is 0 Å². The first-order valence-corrected chi connectivity index (χ1v) is 7.50. The Bertz CT molecular complexity index is 977. The van der Waals surface area contributed by atoms with Crippen molar-refractivity contribution in [3.63, 3.8) is 0 Å². The Morgan fingerprint density at radius 2 is 1.88 bits per heavy atom. The molecule has 0 saturated carbocycles. The SMILES string of the molecule is Cc1c(OC(=O)c2ccco2)ccc2c1OC(=Cc1ccco1)C2=O. The summed E-state index contributed by atoms with van der Waals surface area (Å²) in [5, 5.41) is 0. The molecule has 25 heavy (non-hydrogen) atoms. The van der Waals surface area contributed by atoms with E-state index in [0.29, 0.717) is 28.4 Å². The topological polar surface area (TPSA) is 78.9 Å². The largest absolute Gasteiger partial charge is 0.465 e. The van der Waals surface area contributed by atoms with Gasteiger partial charge in [0.15, 0.2) is 5.76 Å². The molecule has 1 aliphatic rings. The molecular formula is C19H12O6. The number of carbonyl (C=O) groups is 2. The van der Waals surface area contributed by atoms with Gasteiger partial charge in [0.05, 0.1) is 18.1 Å². The van der Waals surface area contributed by atoms with Crippen molar-refractivity contribution in [1.29, 1.82) is 0 Å². The molecular weight excluding hydrogens is 324 g/mol. The summed E-state index contributed by atoms with van der Waals surface area (Å²) in [6, 6.07) is 9.67. The van der Waals surface area contributed by atoms with Crippen LogP contribution in [0, 0.1) is 6.92 Å². The van der Waals surface area contributed by atoms with Gasteiger partial charge in [-0.2, -0.15) is 0 Å². The van der Waals surface area contributed by atoms with Crippen LogP contribution in [0.1, 0.15) is 32.2 Å². The lowest BCUT2D eigenvalue weighted by atomic mass is 10.1. The summed E-state index contributed by atoms with van der Waals surface area (Å²) in [6.07, 6.45) is 4.42. The van der Waals surface area contributed by atoms with E-state index in [1.807, 2.05) is 0 Å². The zero-order chi connectivity index (χ0) is 17.4. The number of hydrogen-bond acceptors (Lipinski definition) is 6. The van der Waals surface area contributed by atoms with Crippen LogP contribution < -0.4 is 9.47 Å². The molecule has 0 unspecified atom stereocenters. The summed E-state index contributed by atoms with van der Waals surface area (Å²) < 4.78 is 21.2. The van der Waals surface area contributed by atoms with Crippen LogP contribution in [0.25, 0.3) is 6.08 Å². The summed E-state index contributed by atoms with van der Waals surface area (Å²) in [7, 11) is 0. The lowest BCUT2D eigenvalue weighted by Gasteiger charge is -2.09. The minimum atomic E-state index is -0.622. The van der Waals surface area contributed by atoms with Crippen LogP contribution in [0.15, 0.2) is 63.5 Å². The quantitative estimate of drug-likeness (QED) is 0.408. The minimum absolute atomic E-state index is 0.0929. The highest BCUT2D eigenvalue weighted by atomic mass is 16.5. The van der Waals surface area contributed by atoms with E-state index in [-0.39, 0.29) is 17.3 Å². The predicted octanol–water partition coefficient (Wildman–Crippen LogP) is 4.02. The molecule has 4 rings (SSSR count). The molecule has 6 heteroatoms. The molecule has 6 nitrogen and oxygen atoms in total. The third-order valence-electron chi connectivity index (χ3n) is 3.78. The molecule has 2 aromatic heterocycles. The molecule has 0 saturated heterocycles. The van der Waals surface area contributed by atoms with Crippen molar-refractivity contribution in [1.82, 2.24) is 0 Å². The number of carbonyl (C=O) groups excluding carboxylic acids is 2. The third kappa shape index (κ3) is 2.63. The van der Waals surface area contributed by atoms with Crippen LogP contribution in [0.2, 0.25) is 0 Å². The summed E-state index contributed by atoms with van der Waals surface area (Å²) in [4.78, 5) is 24.5. The normalized spacial score (nSPS) is 14.4. The monoisotopic (exact) mass is 336 g/mol. The maximum atomic E-state index is 12.4. The Balaban J connectivity index is 1.64. The lowest BCUT2D eigenvalue weighted by Crippen LogP contribution is -2.08. The highest BCUT2D eigenvalue weighted by Gasteiger charge is 2.31. The second-order valence-corrected chi connectivity index (χ2v) is 5.39. The van der Waals surface area contributed by atoms with Crippen LogP contribution in [0.5, 0.6) is 11.5 Å². The van der Waals surface area contributed by atoms with E-state index in [1.165, 1.54) is 24.7 Å². The average Bonchev–Trinajstić information content (AvgIpc) is 3.34. The number of hydrogen-bond donors (Lipinski definition) is 0. The Morgan fingerprint density at radius 3 is 2.60 bits per heavy atom. The van der Waals surface area contributed by atoms with Crippen LogP contribution in [-0.2, 0) is 0 Å². The van der Waals surface area contributed by atoms with E-state index in [9.17, 15) is 9.59 Å². The summed E-state index contributed by atoms with van der Waals surface area (Å²) in [5.41, 5.74) is 0.960. The lowest BCUT2D eigenvalue weighted by molar-refractivity contribution is 0.0700. The highest BCUT2D eigenvalue weighted by Crippen LogP contribution is 2.39.